The molecule has 8 amide bonds. The zero-order valence-electron chi connectivity index (χ0n) is 32.9. The van der Waals surface area contributed by atoms with Crippen molar-refractivity contribution in [1.82, 2.24) is 24.4 Å². The molecule has 2 aromatic carbocycles. The Balaban J connectivity index is 0. The number of nitrogens with zero attached hydrogens (tertiary/aromatic N) is 8. The van der Waals surface area contributed by atoms with Gasteiger partial charge in [0.2, 0.25) is 5.41 Å². The van der Waals surface area contributed by atoms with Crippen molar-refractivity contribution in [2.75, 3.05) is 7.05 Å². The van der Waals surface area contributed by atoms with Gasteiger partial charge in [-0.05, 0) is 24.3 Å². The van der Waals surface area contributed by atoms with E-state index in [9.17, 15) is 76.7 Å². The smallest absolute Gasteiger partial charge is 0.261 e. The maximum absolute atomic E-state index is 11.7. The molecule has 0 aliphatic carbocycles. The zero-order chi connectivity index (χ0) is 41.1. The monoisotopic (exact) mass is 1330 g/mol. The van der Waals surface area contributed by atoms with E-state index >= 15 is 0 Å². The molecule has 0 bridgehead atoms. The third-order valence-electron chi connectivity index (χ3n) is 9.16. The van der Waals surface area contributed by atoms with Crippen molar-refractivity contribution in [3.63, 3.8) is 0 Å². The number of carbonyl (C=O) groups excluding carboxylic acids is 8. The van der Waals surface area contributed by atoms with Crippen molar-refractivity contribution in [1.29, 1.82) is 0 Å². The fourth-order valence-electron chi connectivity index (χ4n) is 5.97. The number of fused-ring (bicyclic) bond motifs is 4. The summed E-state index contributed by atoms with van der Waals surface area (Å²) in [6, 6.07) is 4.95. The number of likely N-dealkylation sites (tertiary alicyclic amines) is 1. The Labute approximate surface area is 504 Å². The fourth-order valence-corrected chi connectivity index (χ4v) is 5.97. The van der Waals surface area contributed by atoms with Crippen LogP contribution in [-0.4, -0.2) is 63.8 Å². The first kappa shape index (κ1) is 64.3. The number of imide groups is 4. The number of rotatable bonds is 0. The van der Waals surface area contributed by atoms with Crippen LogP contribution in [0.2, 0.25) is 0 Å². The quantitative estimate of drug-likeness (QED) is 0.0780. The Morgan fingerprint density at radius 3 is 0.719 bits per heavy atom. The van der Waals surface area contributed by atoms with E-state index in [0.717, 1.165) is 9.47 Å². The first-order valence-electron chi connectivity index (χ1n) is 15.0. The number of benzene rings is 2. The minimum atomic E-state index is -2.11. The summed E-state index contributed by atoms with van der Waals surface area (Å²) in [6.45, 7) is 0. The van der Waals surface area contributed by atoms with Gasteiger partial charge < -0.3 is 103 Å². The first-order chi connectivity index (χ1) is 26.2. The van der Waals surface area contributed by atoms with Gasteiger partial charge in [-0.3, -0.25) is 28.6 Å². The topological polar surface area (TPSA) is 366 Å². The van der Waals surface area contributed by atoms with Crippen LogP contribution in [0, 0.1) is 25.7 Å². The molecule has 0 atom stereocenters. The summed E-state index contributed by atoms with van der Waals surface area (Å²) in [5, 5.41) is 9.23. The van der Waals surface area contributed by atoms with E-state index in [1.54, 1.807) is 0 Å². The van der Waals surface area contributed by atoms with Crippen LogP contribution >= 0.6 is 0 Å². The normalized spacial score (nSPS) is 15.1. The maximum Gasteiger partial charge on any atom is 0.261 e. The van der Waals surface area contributed by atoms with E-state index in [2.05, 4.69) is 30.9 Å². The van der Waals surface area contributed by atoms with Crippen molar-refractivity contribution in [2.45, 2.75) is 0 Å². The molecule has 4 aliphatic rings. The summed E-state index contributed by atoms with van der Waals surface area (Å²) >= 11 is 0. The first-order valence-corrected chi connectivity index (χ1v) is 15.0. The molecule has 314 valence electrons. The van der Waals surface area contributed by atoms with E-state index in [0.29, 0.717) is 0 Å². The Morgan fingerprint density at radius 1 is 0.344 bits per heavy atom. The Hall–Kier alpha value is -1.82. The molecule has 0 saturated carbocycles. The summed E-state index contributed by atoms with van der Waals surface area (Å²) in [6.07, 6.45) is 0. The minimum absolute atomic E-state index is 0. The van der Waals surface area contributed by atoms with Crippen molar-refractivity contribution in [3.8, 4) is 0 Å². The second kappa shape index (κ2) is 23.0. The third-order valence-corrected chi connectivity index (χ3v) is 9.16. The van der Waals surface area contributed by atoms with E-state index in [4.69, 9.17) is 0 Å². The molecule has 2 spiro atoms. The van der Waals surface area contributed by atoms with Crippen LogP contribution in [-0.2, 0) is 242 Å². The molecule has 4 aromatic heterocycles. The molecule has 8 heterocycles. The molecule has 0 unspecified atom stereocenters. The molecule has 6 aromatic rings. The molecule has 30 heteroatoms. The van der Waals surface area contributed by atoms with E-state index < -0.39 is 103 Å². The van der Waals surface area contributed by atoms with Crippen molar-refractivity contribution in [2.24, 2.45) is 17.9 Å². The van der Waals surface area contributed by atoms with E-state index in [1.807, 2.05) is 0 Å². The number of β-lactam (4-membered cyclic amide) rings is 8. The van der Waals surface area contributed by atoms with Crippen molar-refractivity contribution in [3.05, 3.63) is 138 Å². The van der Waals surface area contributed by atoms with Gasteiger partial charge in [-0.1, -0.05) is 0 Å². The minimum Gasteiger partial charge on any atom is -0.593 e. The third kappa shape index (κ3) is 9.35. The van der Waals surface area contributed by atoms with E-state index in [1.165, 1.54) is 38.4 Å². The van der Waals surface area contributed by atoms with E-state index in [-0.39, 0.29) is 254 Å². The summed E-state index contributed by atoms with van der Waals surface area (Å²) in [5.41, 5.74) is -9.17. The van der Waals surface area contributed by atoms with Crippen LogP contribution in [0.1, 0.15) is 0 Å². The van der Waals surface area contributed by atoms with Crippen LogP contribution in [0.15, 0.2) is 62.6 Å². The summed E-state index contributed by atoms with van der Waals surface area (Å²) in [7, 11) is 2.57. The molecule has 6 radical (unpaired) electrons. The Kier molecular flexibility index (Phi) is 23.1. The molecular weight excluding hydrogens is 1310 g/mol. The molecule has 24 nitrogen and oxygen atoms in total. The summed E-state index contributed by atoms with van der Waals surface area (Å²) in [4.78, 5) is 187. The summed E-state index contributed by atoms with van der Waals surface area (Å²) < 4.78 is 0.950. The SMILES string of the molecule is CN1C(=O)C2(C(=O)[N-]C2=O)C1=O.Cn1c(=O)c2cc3c(=O)[n-]c(=O)c3cc2c1=O.O=C1[N-]C(=O)C12C(=O)[N-]C2=O.O=c1[n-]c(=O)c2cc3c(=O)[n-]c(=O)c3cc12.[CH3-].[CH3-].[Y].[Y].[Y].[Y].[Y].[Y]. The van der Waals surface area contributed by atoms with Gasteiger partial charge in [0.15, 0.2) is 0 Å². The molecule has 4 saturated heterocycles. The van der Waals surface area contributed by atoms with Gasteiger partial charge in [-0.2, -0.15) is 0 Å². The van der Waals surface area contributed by atoms with Gasteiger partial charge in [0.1, 0.15) is 5.41 Å². The van der Waals surface area contributed by atoms with Crippen LogP contribution in [0.4, 0.5) is 0 Å². The summed E-state index contributed by atoms with van der Waals surface area (Å²) in [5.74, 6) is -7.31. The average Bonchev–Trinajstić information content (AvgIpc) is 3.77. The molecule has 0 N–H and O–H groups in total. The Morgan fingerprint density at radius 2 is 0.547 bits per heavy atom. The van der Waals surface area contributed by atoms with Crippen molar-refractivity contribution < 1.29 is 235 Å². The van der Waals surface area contributed by atoms with Crippen LogP contribution < -0.4 is 59.4 Å². The second-order valence-corrected chi connectivity index (χ2v) is 12.1. The standard InChI is InChI=1S/C11H6N2O4.C10H4N2O4.C6H4N2O4.C5H2N2O4.2CH3.6Y/c1-13-10(16)6-2-4-5(3-7(6)11(13)17)9(15)12-8(4)14;13-7-3-1-4-6(10(16)12-8(4)14)2-5(3)9(15)11-7;1-8-4(11)6(5(8)12)2(9)7-3(6)10;8-1-5(2(9)6-1)3(10)7-4(5)11;;;;;;;;/h2-3H,1H3,(H,12,14,15);1-2H,(H2,11,12,13,14,15,16);1H3,(H,7,9,10);(H2,6,7,8,9,10,11);2*1H3;;;;;;/q;;;;2*-1;;;;;;/p-6. The molecule has 4 aliphatic heterocycles. The average molecular weight is 1330 g/mol. The number of hydrogen-bond donors (Lipinski definition) is 0. The van der Waals surface area contributed by atoms with Gasteiger partial charge in [0.05, 0.1) is 79.6 Å². The number of amides is 8. The predicted octanol–water partition coefficient (Wildman–Crippen LogP) is -5.02. The van der Waals surface area contributed by atoms with Crippen LogP contribution in [0.3, 0.4) is 0 Å². The largest absolute Gasteiger partial charge is 0.593 e. The van der Waals surface area contributed by atoms with Crippen molar-refractivity contribution >= 4 is 90.3 Å². The van der Waals surface area contributed by atoms with Gasteiger partial charge in [-0.15, -0.1) is 0 Å². The fraction of sp³-hybridized carbons (Fsp3) is 0.118. The zero-order valence-corrected chi connectivity index (χ0v) is 49.9. The molecule has 4 fully saturated rings. The maximum atomic E-state index is 11.7. The molecule has 10 rings (SSSR count). The van der Waals surface area contributed by atoms with Gasteiger partial charge in [-0.25, -0.2) is 0 Å². The van der Waals surface area contributed by atoms with Gasteiger partial charge in [0, 0.05) is 243 Å². The molecule has 64 heavy (non-hydrogen) atoms. The van der Waals surface area contributed by atoms with Crippen LogP contribution in [0.25, 0.3) is 59.0 Å². The van der Waals surface area contributed by atoms with Gasteiger partial charge in [0.25, 0.3) is 22.9 Å². The second-order valence-electron chi connectivity index (χ2n) is 12.1. The number of hydrogen-bond acceptors (Lipinski definition) is 16. The van der Waals surface area contributed by atoms with Crippen LogP contribution in [0.5, 0.6) is 0 Å². The Bertz CT molecular complexity index is 3110. The number of aromatic nitrogens is 4. The number of carbonyl (C=O) groups is 8. The molecular formula is C34H16N8O16Y6-8. The predicted molar refractivity (Wildman–Crippen MR) is 192 cm³/mol. The van der Waals surface area contributed by atoms with Gasteiger partial charge >= 0.3 is 0 Å².